The van der Waals surface area contributed by atoms with Crippen molar-refractivity contribution >= 4 is 0 Å². The average molecular weight is 186 g/mol. The highest BCUT2D eigenvalue weighted by atomic mass is 16.3. The molecule has 1 heterocycles. The van der Waals surface area contributed by atoms with Gasteiger partial charge in [0, 0.05) is 12.6 Å². The Labute approximate surface area is 80.9 Å². The molecular weight excluding hydrogens is 164 g/mol. The van der Waals surface area contributed by atoms with Gasteiger partial charge < -0.3 is 15.7 Å². The van der Waals surface area contributed by atoms with Crippen molar-refractivity contribution in [1.29, 1.82) is 0 Å². The van der Waals surface area contributed by atoms with Gasteiger partial charge in [-0.1, -0.05) is 0 Å². The van der Waals surface area contributed by atoms with E-state index in [0.29, 0.717) is 6.04 Å². The Morgan fingerprint density at radius 1 is 1.38 bits per heavy atom. The first-order chi connectivity index (χ1) is 5.97. The zero-order valence-electron chi connectivity index (χ0n) is 8.79. The van der Waals surface area contributed by atoms with Crippen LogP contribution in [0.3, 0.4) is 0 Å². The SMILES string of the molecule is CC(C)(O)CCN1CCC(N)CC1. The summed E-state index contributed by atoms with van der Waals surface area (Å²) in [6.45, 7) is 6.91. The molecule has 3 heteroatoms. The first-order valence-corrected chi connectivity index (χ1v) is 5.18. The standard InChI is InChI=1S/C10H22N2O/c1-10(2,13)5-8-12-6-3-9(11)4-7-12/h9,13H,3-8,11H2,1-2H3. The van der Waals surface area contributed by atoms with E-state index in [0.717, 1.165) is 38.9 Å². The van der Waals surface area contributed by atoms with Gasteiger partial charge in [0.05, 0.1) is 5.60 Å². The normalized spacial score (nSPS) is 22.2. The van der Waals surface area contributed by atoms with Crippen molar-refractivity contribution in [2.45, 2.75) is 44.8 Å². The summed E-state index contributed by atoms with van der Waals surface area (Å²) in [5.74, 6) is 0. The maximum atomic E-state index is 9.55. The van der Waals surface area contributed by atoms with Crippen LogP contribution >= 0.6 is 0 Å². The van der Waals surface area contributed by atoms with E-state index in [4.69, 9.17) is 5.73 Å². The molecule has 0 unspecified atom stereocenters. The molecule has 0 saturated carbocycles. The van der Waals surface area contributed by atoms with Crippen molar-refractivity contribution in [2.24, 2.45) is 5.73 Å². The van der Waals surface area contributed by atoms with E-state index in [1.807, 2.05) is 13.8 Å². The highest BCUT2D eigenvalue weighted by molar-refractivity contribution is 4.76. The van der Waals surface area contributed by atoms with Gasteiger partial charge >= 0.3 is 0 Å². The van der Waals surface area contributed by atoms with Gasteiger partial charge in [-0.25, -0.2) is 0 Å². The van der Waals surface area contributed by atoms with E-state index in [9.17, 15) is 5.11 Å². The predicted octanol–water partition coefficient (Wildman–Crippen LogP) is 0.570. The molecule has 0 radical (unpaired) electrons. The number of nitrogens with zero attached hydrogens (tertiary/aromatic N) is 1. The largest absolute Gasteiger partial charge is 0.390 e. The Morgan fingerprint density at radius 2 is 1.92 bits per heavy atom. The molecule has 0 aromatic heterocycles. The van der Waals surface area contributed by atoms with Crippen molar-refractivity contribution < 1.29 is 5.11 Å². The van der Waals surface area contributed by atoms with Crippen LogP contribution in [0, 0.1) is 0 Å². The van der Waals surface area contributed by atoms with Crippen molar-refractivity contribution in [2.75, 3.05) is 19.6 Å². The summed E-state index contributed by atoms with van der Waals surface area (Å²) in [6, 6.07) is 0.401. The maximum absolute atomic E-state index is 9.55. The number of aliphatic hydroxyl groups is 1. The lowest BCUT2D eigenvalue weighted by atomic mass is 10.0. The third-order valence-electron chi connectivity index (χ3n) is 2.67. The Bertz CT molecular complexity index is 145. The number of hydrogen-bond acceptors (Lipinski definition) is 3. The van der Waals surface area contributed by atoms with Crippen molar-refractivity contribution in [3.63, 3.8) is 0 Å². The topological polar surface area (TPSA) is 49.5 Å². The van der Waals surface area contributed by atoms with E-state index in [1.165, 1.54) is 0 Å². The van der Waals surface area contributed by atoms with Crippen molar-refractivity contribution in [1.82, 2.24) is 4.90 Å². The monoisotopic (exact) mass is 186 g/mol. The number of likely N-dealkylation sites (tertiary alicyclic amines) is 1. The van der Waals surface area contributed by atoms with Crippen LogP contribution in [0.5, 0.6) is 0 Å². The van der Waals surface area contributed by atoms with E-state index < -0.39 is 5.60 Å². The fourth-order valence-corrected chi connectivity index (χ4v) is 1.61. The molecule has 1 rings (SSSR count). The summed E-state index contributed by atoms with van der Waals surface area (Å²) < 4.78 is 0. The number of piperidine rings is 1. The summed E-state index contributed by atoms with van der Waals surface area (Å²) in [5, 5.41) is 9.55. The summed E-state index contributed by atoms with van der Waals surface area (Å²) in [5.41, 5.74) is 5.27. The minimum atomic E-state index is -0.528. The quantitative estimate of drug-likeness (QED) is 0.677. The fraction of sp³-hybridized carbons (Fsp3) is 1.00. The van der Waals surface area contributed by atoms with Crippen LogP contribution in [0.15, 0.2) is 0 Å². The summed E-state index contributed by atoms with van der Waals surface area (Å²) in [6.07, 6.45) is 3.06. The van der Waals surface area contributed by atoms with E-state index in [2.05, 4.69) is 4.90 Å². The Hall–Kier alpha value is -0.120. The van der Waals surface area contributed by atoms with Crippen LogP contribution in [0.1, 0.15) is 33.1 Å². The second-order valence-corrected chi connectivity index (χ2v) is 4.74. The van der Waals surface area contributed by atoms with Crippen molar-refractivity contribution in [3.05, 3.63) is 0 Å². The lowest BCUT2D eigenvalue weighted by Crippen LogP contribution is -2.41. The molecule has 1 fully saturated rings. The van der Waals surface area contributed by atoms with Crippen LogP contribution < -0.4 is 5.73 Å². The second-order valence-electron chi connectivity index (χ2n) is 4.74. The van der Waals surface area contributed by atoms with Gasteiger partial charge in [0.25, 0.3) is 0 Å². The first-order valence-electron chi connectivity index (χ1n) is 5.18. The minimum Gasteiger partial charge on any atom is -0.390 e. The first kappa shape index (κ1) is 11.0. The van der Waals surface area contributed by atoms with Gasteiger partial charge in [-0.05, 0) is 46.2 Å². The van der Waals surface area contributed by atoms with E-state index in [1.54, 1.807) is 0 Å². The molecule has 0 aromatic rings. The van der Waals surface area contributed by atoms with Crippen LogP contribution in [-0.4, -0.2) is 41.3 Å². The Morgan fingerprint density at radius 3 is 2.38 bits per heavy atom. The highest BCUT2D eigenvalue weighted by Crippen LogP contribution is 2.12. The van der Waals surface area contributed by atoms with Gasteiger partial charge in [0.15, 0.2) is 0 Å². The van der Waals surface area contributed by atoms with Crippen LogP contribution in [0.2, 0.25) is 0 Å². The molecule has 0 amide bonds. The van der Waals surface area contributed by atoms with Crippen molar-refractivity contribution in [3.8, 4) is 0 Å². The third kappa shape index (κ3) is 4.60. The van der Waals surface area contributed by atoms with E-state index in [-0.39, 0.29) is 0 Å². The Balaban J connectivity index is 2.16. The molecule has 3 N–H and O–H groups in total. The molecule has 78 valence electrons. The minimum absolute atomic E-state index is 0.401. The van der Waals surface area contributed by atoms with Gasteiger partial charge in [-0.3, -0.25) is 0 Å². The van der Waals surface area contributed by atoms with Crippen LogP contribution in [-0.2, 0) is 0 Å². The lowest BCUT2D eigenvalue weighted by molar-refractivity contribution is 0.0542. The van der Waals surface area contributed by atoms with Gasteiger partial charge in [0.1, 0.15) is 0 Å². The summed E-state index contributed by atoms with van der Waals surface area (Å²) in [4.78, 5) is 2.39. The molecule has 0 aromatic carbocycles. The number of nitrogens with two attached hydrogens (primary N) is 1. The molecule has 0 aliphatic carbocycles. The summed E-state index contributed by atoms with van der Waals surface area (Å²) >= 11 is 0. The average Bonchev–Trinajstić information content (AvgIpc) is 2.02. The molecule has 0 atom stereocenters. The predicted molar refractivity (Wildman–Crippen MR) is 54.6 cm³/mol. The molecule has 3 nitrogen and oxygen atoms in total. The van der Waals surface area contributed by atoms with E-state index >= 15 is 0 Å². The highest BCUT2D eigenvalue weighted by Gasteiger charge is 2.19. The number of rotatable bonds is 3. The van der Waals surface area contributed by atoms with Gasteiger partial charge in [-0.2, -0.15) is 0 Å². The second kappa shape index (κ2) is 4.40. The molecule has 1 aliphatic heterocycles. The molecular formula is C10H22N2O. The maximum Gasteiger partial charge on any atom is 0.0603 e. The smallest absolute Gasteiger partial charge is 0.0603 e. The van der Waals surface area contributed by atoms with Crippen LogP contribution in [0.4, 0.5) is 0 Å². The molecule has 1 aliphatic rings. The molecule has 13 heavy (non-hydrogen) atoms. The zero-order valence-corrected chi connectivity index (χ0v) is 8.79. The fourth-order valence-electron chi connectivity index (χ4n) is 1.61. The van der Waals surface area contributed by atoms with Gasteiger partial charge in [-0.15, -0.1) is 0 Å². The Kier molecular flexibility index (Phi) is 3.71. The molecule has 0 bridgehead atoms. The lowest BCUT2D eigenvalue weighted by Gasteiger charge is -2.31. The van der Waals surface area contributed by atoms with Gasteiger partial charge in [0.2, 0.25) is 0 Å². The molecule has 1 saturated heterocycles. The number of hydrogen-bond donors (Lipinski definition) is 2. The summed E-state index contributed by atoms with van der Waals surface area (Å²) in [7, 11) is 0. The zero-order chi connectivity index (χ0) is 9.90. The van der Waals surface area contributed by atoms with Crippen LogP contribution in [0.25, 0.3) is 0 Å². The third-order valence-corrected chi connectivity index (χ3v) is 2.67. The molecule has 0 spiro atoms.